The monoisotopic (exact) mass is 619 g/mol. The molecule has 1 saturated carbocycles. The summed E-state index contributed by atoms with van der Waals surface area (Å²) in [6.07, 6.45) is 15.0. The maximum absolute atomic E-state index is 13.5. The first-order chi connectivity index (χ1) is 22.4. The second-order valence-electron chi connectivity index (χ2n) is 12.3. The molecule has 236 valence electrons. The first-order valence-electron chi connectivity index (χ1n) is 15.9. The van der Waals surface area contributed by atoms with E-state index >= 15 is 0 Å². The number of benzene rings is 1. The predicted octanol–water partition coefficient (Wildman–Crippen LogP) is 5.85. The molecular weight excluding hydrogens is 582 g/mol. The molecule has 2 aliphatic heterocycles. The summed E-state index contributed by atoms with van der Waals surface area (Å²) >= 11 is 0. The van der Waals surface area contributed by atoms with Crippen LogP contribution in [-0.4, -0.2) is 63.3 Å². The average Bonchev–Trinajstić information content (AvgIpc) is 3.80. The van der Waals surface area contributed by atoms with Gasteiger partial charge in [-0.25, -0.2) is 9.78 Å². The third-order valence-corrected chi connectivity index (χ3v) is 9.40. The van der Waals surface area contributed by atoms with E-state index in [4.69, 9.17) is 4.74 Å². The van der Waals surface area contributed by atoms with Crippen molar-refractivity contribution in [1.29, 1.82) is 0 Å². The summed E-state index contributed by atoms with van der Waals surface area (Å²) in [5.74, 6) is 0.691. The van der Waals surface area contributed by atoms with E-state index in [1.165, 1.54) is 12.8 Å². The standard InChI is InChI=1S/C35H37N7O4/c1-40-21-23(18-30-32(43)27-19-24(9-10-29(27)46-30)38-35(45)39-25-6-5-14-36-20-25)31-28(11-15-37-33(31)40)42-16-12-22(13-17-42)34(44)41(2)26-7-3-4-8-26/h5-6,9-11,14-15,18-22,26H,3-4,7-8,12-13,16-17H2,1-2H3,(H2,38,39,45). The second-order valence-corrected chi connectivity index (χ2v) is 12.3. The smallest absolute Gasteiger partial charge is 0.323 e. The molecule has 1 aromatic carbocycles. The normalized spacial score (nSPS) is 17.7. The van der Waals surface area contributed by atoms with Gasteiger partial charge in [-0.05, 0) is 68.2 Å². The van der Waals surface area contributed by atoms with E-state index in [0.717, 1.165) is 61.1 Å². The Bertz CT molecular complexity index is 1840. The van der Waals surface area contributed by atoms with E-state index in [1.54, 1.807) is 48.8 Å². The lowest BCUT2D eigenvalue weighted by Crippen LogP contribution is -2.44. The number of anilines is 3. The fourth-order valence-electron chi connectivity index (χ4n) is 6.96. The number of allylic oxidation sites excluding steroid dienone is 1. The second kappa shape index (κ2) is 12.3. The Morgan fingerprint density at radius 2 is 1.80 bits per heavy atom. The van der Waals surface area contributed by atoms with Crippen LogP contribution >= 0.6 is 0 Å². The summed E-state index contributed by atoms with van der Waals surface area (Å²) in [7, 11) is 3.91. The molecule has 1 aliphatic carbocycles. The Hall–Kier alpha value is -5.19. The highest BCUT2D eigenvalue weighted by molar-refractivity contribution is 6.16. The molecule has 0 bridgehead atoms. The van der Waals surface area contributed by atoms with Crippen LogP contribution in [0.25, 0.3) is 17.1 Å². The van der Waals surface area contributed by atoms with Gasteiger partial charge in [-0.3, -0.25) is 14.6 Å². The fraction of sp³-hybridized carbons (Fsp3) is 0.343. The molecule has 0 radical (unpaired) electrons. The van der Waals surface area contributed by atoms with E-state index in [0.29, 0.717) is 28.7 Å². The summed E-state index contributed by atoms with van der Waals surface area (Å²) in [5, 5.41) is 6.41. The Balaban J connectivity index is 1.08. The zero-order valence-corrected chi connectivity index (χ0v) is 26.0. The number of aryl methyl sites for hydroxylation is 1. The number of ketones is 1. The number of Topliss-reactive ketones (excluding diaryl/α,β-unsaturated/α-hetero) is 1. The maximum atomic E-state index is 13.5. The summed E-state index contributed by atoms with van der Waals surface area (Å²) in [5.41, 5.74) is 4.05. The number of carbonyl (C=O) groups excluding carboxylic acids is 3. The van der Waals surface area contributed by atoms with Crippen molar-refractivity contribution in [2.75, 3.05) is 35.7 Å². The van der Waals surface area contributed by atoms with Crippen LogP contribution in [0.1, 0.15) is 54.4 Å². The number of fused-ring (bicyclic) bond motifs is 2. The number of aromatic nitrogens is 3. The molecule has 0 atom stereocenters. The molecule has 5 heterocycles. The highest BCUT2D eigenvalue weighted by atomic mass is 16.5. The largest absolute Gasteiger partial charge is 0.452 e. The molecule has 2 N–H and O–H groups in total. The van der Waals surface area contributed by atoms with Gasteiger partial charge in [-0.2, -0.15) is 0 Å². The van der Waals surface area contributed by atoms with Crippen LogP contribution in [0.4, 0.5) is 21.9 Å². The van der Waals surface area contributed by atoms with E-state index in [2.05, 4.69) is 25.5 Å². The van der Waals surface area contributed by atoms with Crippen molar-refractivity contribution in [3.05, 3.63) is 78.1 Å². The summed E-state index contributed by atoms with van der Waals surface area (Å²) in [6, 6.07) is 10.4. The van der Waals surface area contributed by atoms with Gasteiger partial charge in [-0.1, -0.05) is 12.8 Å². The highest BCUT2D eigenvalue weighted by Gasteiger charge is 2.33. The van der Waals surface area contributed by atoms with Crippen molar-refractivity contribution in [3.63, 3.8) is 0 Å². The van der Waals surface area contributed by atoms with Crippen LogP contribution in [0.15, 0.2) is 66.9 Å². The molecule has 0 spiro atoms. The molecular formula is C35H37N7O4. The first-order valence-corrected chi connectivity index (χ1v) is 15.9. The molecule has 11 heteroatoms. The van der Waals surface area contributed by atoms with Crippen LogP contribution in [0.5, 0.6) is 5.75 Å². The van der Waals surface area contributed by atoms with E-state index in [1.807, 2.05) is 42.0 Å². The minimum absolute atomic E-state index is 0.0420. The molecule has 1 saturated heterocycles. The van der Waals surface area contributed by atoms with Gasteiger partial charge in [0, 0.05) is 80.1 Å². The van der Waals surface area contributed by atoms with Crippen LogP contribution in [0, 0.1) is 5.92 Å². The number of nitrogens with one attached hydrogen (secondary N) is 2. The zero-order chi connectivity index (χ0) is 31.8. The number of rotatable bonds is 6. The van der Waals surface area contributed by atoms with Gasteiger partial charge in [0.2, 0.25) is 11.7 Å². The Kier molecular flexibility index (Phi) is 7.90. The topological polar surface area (TPSA) is 122 Å². The Morgan fingerprint density at radius 1 is 1.02 bits per heavy atom. The van der Waals surface area contributed by atoms with Gasteiger partial charge in [0.05, 0.1) is 17.4 Å². The van der Waals surface area contributed by atoms with Gasteiger partial charge in [0.15, 0.2) is 5.76 Å². The van der Waals surface area contributed by atoms with Crippen molar-refractivity contribution >= 4 is 51.9 Å². The summed E-state index contributed by atoms with van der Waals surface area (Å²) in [4.78, 5) is 52.2. The molecule has 3 amide bonds. The lowest BCUT2D eigenvalue weighted by molar-refractivity contribution is -0.136. The molecule has 2 fully saturated rings. The van der Waals surface area contributed by atoms with Crippen LogP contribution in [0.2, 0.25) is 0 Å². The molecule has 4 aromatic rings. The average molecular weight is 620 g/mol. The molecule has 46 heavy (non-hydrogen) atoms. The van der Waals surface area contributed by atoms with Crippen molar-refractivity contribution in [2.45, 2.75) is 44.6 Å². The van der Waals surface area contributed by atoms with Crippen molar-refractivity contribution in [2.24, 2.45) is 13.0 Å². The third kappa shape index (κ3) is 5.68. The van der Waals surface area contributed by atoms with Gasteiger partial charge < -0.3 is 29.7 Å². The quantitative estimate of drug-likeness (QED) is 0.260. The zero-order valence-electron chi connectivity index (χ0n) is 26.0. The number of nitrogens with zero attached hydrogens (tertiary/aromatic N) is 5. The molecule has 3 aliphatic rings. The van der Waals surface area contributed by atoms with E-state index in [9.17, 15) is 14.4 Å². The third-order valence-electron chi connectivity index (χ3n) is 9.40. The predicted molar refractivity (Wildman–Crippen MR) is 177 cm³/mol. The van der Waals surface area contributed by atoms with Gasteiger partial charge >= 0.3 is 6.03 Å². The lowest BCUT2D eigenvalue weighted by atomic mass is 9.94. The van der Waals surface area contributed by atoms with Gasteiger partial charge in [0.25, 0.3) is 0 Å². The number of hydrogen-bond acceptors (Lipinski definition) is 7. The number of pyridine rings is 2. The summed E-state index contributed by atoms with van der Waals surface area (Å²) < 4.78 is 7.97. The highest BCUT2D eigenvalue weighted by Crippen LogP contribution is 2.38. The first kappa shape index (κ1) is 29.5. The van der Waals surface area contributed by atoms with Crippen molar-refractivity contribution in [3.8, 4) is 5.75 Å². The fourth-order valence-corrected chi connectivity index (χ4v) is 6.96. The Morgan fingerprint density at radius 3 is 2.57 bits per heavy atom. The Labute approximate surface area is 267 Å². The van der Waals surface area contributed by atoms with Crippen LogP contribution in [-0.2, 0) is 11.8 Å². The van der Waals surface area contributed by atoms with Gasteiger partial charge in [-0.15, -0.1) is 0 Å². The minimum Gasteiger partial charge on any atom is -0.452 e. The number of hydrogen-bond donors (Lipinski definition) is 2. The number of carbonyl (C=O) groups is 3. The van der Waals surface area contributed by atoms with E-state index in [-0.39, 0.29) is 23.4 Å². The van der Waals surface area contributed by atoms with Crippen LogP contribution in [0.3, 0.4) is 0 Å². The lowest BCUT2D eigenvalue weighted by Gasteiger charge is -2.36. The number of ether oxygens (including phenoxy) is 1. The molecule has 3 aromatic heterocycles. The number of amides is 3. The van der Waals surface area contributed by atoms with Crippen molar-refractivity contribution in [1.82, 2.24) is 19.4 Å². The van der Waals surface area contributed by atoms with E-state index < -0.39 is 6.03 Å². The maximum Gasteiger partial charge on any atom is 0.323 e. The number of piperidine rings is 1. The number of urea groups is 1. The van der Waals surface area contributed by atoms with Crippen molar-refractivity contribution < 1.29 is 19.1 Å². The SMILES string of the molecule is CN(C(=O)C1CCN(c2ccnc3c2c(C=C2Oc4ccc(NC(=O)Nc5cccnc5)cc4C2=O)cn3C)CC1)C1CCCC1. The minimum atomic E-state index is -0.444. The van der Waals surface area contributed by atoms with Crippen LogP contribution < -0.4 is 20.3 Å². The van der Waals surface area contributed by atoms with Gasteiger partial charge in [0.1, 0.15) is 11.4 Å². The molecule has 11 nitrogen and oxygen atoms in total. The molecule has 0 unspecified atom stereocenters. The summed E-state index contributed by atoms with van der Waals surface area (Å²) in [6.45, 7) is 1.54. The molecule has 7 rings (SSSR count).